The molecule has 0 fully saturated rings. The van der Waals surface area contributed by atoms with Crippen molar-refractivity contribution in [3.05, 3.63) is 65.4 Å². The van der Waals surface area contributed by atoms with Crippen LogP contribution >= 0.6 is 0 Å². The van der Waals surface area contributed by atoms with Crippen LogP contribution < -0.4 is 20.1 Å². The van der Waals surface area contributed by atoms with Gasteiger partial charge in [-0.05, 0) is 31.5 Å². The number of nitrogens with zero attached hydrogens (tertiary/aromatic N) is 1. The number of hydrogen-bond acceptors (Lipinski definition) is 6. The molecule has 182 valence electrons. The Balaban J connectivity index is 1.73. The van der Waals surface area contributed by atoms with Crippen LogP contribution in [0.3, 0.4) is 0 Å². The molecule has 0 saturated heterocycles. The first-order valence-electron chi connectivity index (χ1n) is 11.4. The topological polar surface area (TPSA) is 97.5 Å². The molecule has 2 aliphatic heterocycles. The lowest BCUT2D eigenvalue weighted by molar-refractivity contribution is 0.0908. The van der Waals surface area contributed by atoms with Crippen molar-refractivity contribution in [3.63, 3.8) is 0 Å². The van der Waals surface area contributed by atoms with Crippen molar-refractivity contribution in [1.29, 1.82) is 0 Å². The highest BCUT2D eigenvalue weighted by Crippen LogP contribution is 2.44. The zero-order valence-corrected chi connectivity index (χ0v) is 19.8. The largest absolute Gasteiger partial charge is 0.492 e. The molecule has 35 heavy (non-hydrogen) atoms. The number of amides is 1. The van der Waals surface area contributed by atoms with Crippen LogP contribution in [0, 0.1) is 5.82 Å². The van der Waals surface area contributed by atoms with Crippen LogP contribution in [0.2, 0.25) is 0 Å². The number of para-hydroxylation sites is 1. The van der Waals surface area contributed by atoms with Gasteiger partial charge in [0, 0.05) is 37.0 Å². The number of anilines is 2. The summed E-state index contributed by atoms with van der Waals surface area (Å²) in [6.45, 7) is 2.84. The fourth-order valence-corrected chi connectivity index (χ4v) is 4.75. The molecule has 2 aromatic heterocycles. The molecule has 2 aliphatic rings. The van der Waals surface area contributed by atoms with E-state index in [0.717, 1.165) is 23.3 Å². The second-order valence-corrected chi connectivity index (χ2v) is 8.69. The molecule has 3 N–H and O–H groups in total. The van der Waals surface area contributed by atoms with Crippen molar-refractivity contribution in [1.82, 2.24) is 15.3 Å². The second kappa shape index (κ2) is 9.42. The highest BCUT2D eigenvalue weighted by molar-refractivity contribution is 6.07. The Hall–Kier alpha value is -3.85. The third-order valence-electron chi connectivity index (χ3n) is 6.40. The van der Waals surface area contributed by atoms with E-state index in [1.807, 2.05) is 19.1 Å². The van der Waals surface area contributed by atoms with Gasteiger partial charge in [-0.1, -0.05) is 17.7 Å². The molecule has 1 aromatic carbocycles. The quantitative estimate of drug-likeness (QED) is 0.477. The molecule has 4 heterocycles. The van der Waals surface area contributed by atoms with Gasteiger partial charge in [-0.15, -0.1) is 0 Å². The molecule has 0 radical (unpaired) electrons. The van der Waals surface area contributed by atoms with E-state index in [4.69, 9.17) is 14.2 Å². The fraction of sp³-hybridized carbons (Fsp3) is 0.308. The number of H-pyrrole nitrogens is 1. The number of allylic oxidation sites excluding steroid dienone is 1. The van der Waals surface area contributed by atoms with Crippen LogP contribution in [0.5, 0.6) is 11.5 Å². The Morgan fingerprint density at radius 1 is 1.26 bits per heavy atom. The molecule has 5 rings (SSSR count). The van der Waals surface area contributed by atoms with Crippen molar-refractivity contribution in [2.75, 3.05) is 32.7 Å². The van der Waals surface area contributed by atoms with E-state index in [9.17, 15) is 9.18 Å². The molecule has 9 heteroatoms. The minimum atomic E-state index is -0.504. The van der Waals surface area contributed by atoms with E-state index in [2.05, 4.69) is 20.6 Å². The maximum atomic E-state index is 14.5. The number of carbonyl (C=O) groups is 1. The van der Waals surface area contributed by atoms with Gasteiger partial charge in [0.15, 0.2) is 11.6 Å². The highest BCUT2D eigenvalue weighted by atomic mass is 19.1. The molecule has 0 unspecified atom stereocenters. The van der Waals surface area contributed by atoms with Gasteiger partial charge in [-0.25, -0.2) is 4.39 Å². The maximum absolute atomic E-state index is 14.5. The summed E-state index contributed by atoms with van der Waals surface area (Å²) in [5.41, 5.74) is 4.71. The van der Waals surface area contributed by atoms with E-state index >= 15 is 0 Å². The van der Waals surface area contributed by atoms with Gasteiger partial charge in [-0.3, -0.25) is 9.78 Å². The van der Waals surface area contributed by atoms with Crippen molar-refractivity contribution < 1.29 is 23.4 Å². The third kappa shape index (κ3) is 4.23. The van der Waals surface area contributed by atoms with Gasteiger partial charge in [0.1, 0.15) is 18.5 Å². The highest BCUT2D eigenvalue weighted by Gasteiger charge is 2.34. The summed E-state index contributed by atoms with van der Waals surface area (Å²) in [6, 6.07) is 6.44. The number of rotatable bonds is 4. The maximum Gasteiger partial charge on any atom is 0.255 e. The first-order valence-corrected chi connectivity index (χ1v) is 11.4. The van der Waals surface area contributed by atoms with Crippen molar-refractivity contribution in [2.45, 2.75) is 25.4 Å². The number of aromatic nitrogens is 2. The summed E-state index contributed by atoms with van der Waals surface area (Å²) in [5, 5.41) is 6.29. The van der Waals surface area contributed by atoms with Gasteiger partial charge in [0.2, 0.25) is 0 Å². The van der Waals surface area contributed by atoms with E-state index < -0.39 is 5.82 Å². The molecule has 0 aliphatic carbocycles. The van der Waals surface area contributed by atoms with Crippen molar-refractivity contribution in [2.24, 2.45) is 0 Å². The molecule has 3 aromatic rings. The van der Waals surface area contributed by atoms with Crippen LogP contribution in [-0.2, 0) is 4.74 Å². The van der Waals surface area contributed by atoms with Gasteiger partial charge in [-0.2, -0.15) is 0 Å². The predicted molar refractivity (Wildman–Crippen MR) is 130 cm³/mol. The first-order chi connectivity index (χ1) is 17.0. The number of aromatic amines is 1. The minimum absolute atomic E-state index is 0.0193. The van der Waals surface area contributed by atoms with Gasteiger partial charge in [0.05, 0.1) is 35.9 Å². The summed E-state index contributed by atoms with van der Waals surface area (Å²) < 4.78 is 31.5. The molecule has 0 saturated carbocycles. The number of fused-ring (bicyclic) bond motifs is 3. The summed E-state index contributed by atoms with van der Waals surface area (Å²) in [7, 11) is 3.06. The Morgan fingerprint density at radius 3 is 2.91 bits per heavy atom. The Morgan fingerprint density at radius 2 is 2.11 bits per heavy atom. The lowest BCUT2D eigenvalue weighted by Gasteiger charge is -2.24. The van der Waals surface area contributed by atoms with Crippen LogP contribution in [-0.4, -0.2) is 49.4 Å². The number of ether oxygens (including phenoxy) is 3. The standard InChI is InChI=1S/C26H27FN4O4/c1-14-9-15-11-29-26(32)21-22(15)31-23(24(21)30-19-6-4-5-18(27)25(19)34-3)17-7-8-28-12-20(17)35-13-16(10-14)33-2/h4-8,10,12,15-16,30-31H,9,11,13H2,1-3H3,(H,29,32)/b14-10+/t15-,16+/m1/s1. The smallest absolute Gasteiger partial charge is 0.255 e. The number of carbonyl (C=O) groups excluding carboxylic acids is 1. The molecule has 8 nitrogen and oxygen atoms in total. The van der Waals surface area contributed by atoms with Crippen molar-refractivity contribution in [3.8, 4) is 22.8 Å². The lowest BCUT2D eigenvalue weighted by Crippen LogP contribution is -2.35. The van der Waals surface area contributed by atoms with Gasteiger partial charge in [0.25, 0.3) is 5.91 Å². The molecule has 2 bridgehead atoms. The molecule has 1 amide bonds. The lowest BCUT2D eigenvalue weighted by atomic mass is 9.90. The number of hydrogen-bond donors (Lipinski definition) is 3. The third-order valence-corrected chi connectivity index (χ3v) is 6.40. The Bertz CT molecular complexity index is 1300. The summed E-state index contributed by atoms with van der Waals surface area (Å²) in [4.78, 5) is 20.9. The molecule has 0 spiro atoms. The number of halogens is 1. The summed E-state index contributed by atoms with van der Waals surface area (Å²) >= 11 is 0. The van der Waals surface area contributed by atoms with Crippen LogP contribution in [0.1, 0.15) is 35.3 Å². The van der Waals surface area contributed by atoms with E-state index in [1.165, 1.54) is 13.2 Å². The van der Waals surface area contributed by atoms with E-state index in [-0.39, 0.29) is 23.7 Å². The molecule has 2 atom stereocenters. The number of pyridine rings is 1. The first kappa shape index (κ1) is 22.9. The number of nitrogens with one attached hydrogen (secondary N) is 3. The normalized spacial score (nSPS) is 20.8. The predicted octanol–water partition coefficient (Wildman–Crippen LogP) is 4.54. The zero-order chi connectivity index (χ0) is 24.5. The van der Waals surface area contributed by atoms with E-state index in [1.54, 1.807) is 31.6 Å². The van der Waals surface area contributed by atoms with Crippen molar-refractivity contribution >= 4 is 17.3 Å². The molecular formula is C26H27FN4O4. The zero-order valence-electron chi connectivity index (χ0n) is 19.8. The van der Waals surface area contributed by atoms with Gasteiger partial charge >= 0.3 is 0 Å². The number of benzene rings is 1. The Kier molecular flexibility index (Phi) is 6.17. The molecular weight excluding hydrogens is 451 g/mol. The monoisotopic (exact) mass is 478 g/mol. The average Bonchev–Trinajstić information content (AvgIpc) is 3.23. The number of methoxy groups -OCH3 is 2. The SMILES string of the molecule is COc1c(F)cccc1Nc1c2[nH]c3c1C(=O)NC[C@H]3C/C(C)=C/[C@H](OC)COc1cnccc1-2. The Labute approximate surface area is 202 Å². The van der Waals surface area contributed by atoms with Crippen LogP contribution in [0.15, 0.2) is 48.3 Å². The minimum Gasteiger partial charge on any atom is -0.492 e. The fourth-order valence-electron chi connectivity index (χ4n) is 4.75. The van der Waals surface area contributed by atoms with Gasteiger partial charge < -0.3 is 29.8 Å². The van der Waals surface area contributed by atoms with Crippen LogP contribution in [0.25, 0.3) is 11.3 Å². The van der Waals surface area contributed by atoms with E-state index in [0.29, 0.717) is 41.5 Å². The summed E-state index contributed by atoms with van der Waals surface area (Å²) in [6.07, 6.45) is 5.83. The summed E-state index contributed by atoms with van der Waals surface area (Å²) in [5.74, 6) is -0.0980. The second-order valence-electron chi connectivity index (χ2n) is 8.69. The average molecular weight is 479 g/mol. The van der Waals surface area contributed by atoms with Crippen LogP contribution in [0.4, 0.5) is 15.8 Å².